The van der Waals surface area contributed by atoms with Crippen LogP contribution in [0.25, 0.3) is 0 Å². The van der Waals surface area contributed by atoms with Crippen molar-refractivity contribution in [1.29, 1.82) is 0 Å². The third-order valence-corrected chi connectivity index (χ3v) is 4.03. The molecule has 5 nitrogen and oxygen atoms in total. The molecule has 1 aliphatic heterocycles. The lowest BCUT2D eigenvalue weighted by Crippen LogP contribution is -2.50. The molecular weight excluding hydrogens is 347 g/mol. The highest BCUT2D eigenvalue weighted by Gasteiger charge is 2.29. The number of hydrogen-bond donors (Lipinski definition) is 0. The zero-order chi connectivity index (χ0) is 17.9. The number of hydrogen-bond acceptors (Lipinski definition) is 4. The van der Waals surface area contributed by atoms with Crippen LogP contribution < -0.4 is 4.74 Å². The Kier molecular flexibility index (Phi) is 5.92. The van der Waals surface area contributed by atoms with Crippen molar-refractivity contribution in [2.75, 3.05) is 32.8 Å². The van der Waals surface area contributed by atoms with Crippen LogP contribution in [0.2, 0.25) is 5.02 Å². The Morgan fingerprint density at radius 3 is 2.46 bits per heavy atom. The van der Waals surface area contributed by atoms with Gasteiger partial charge in [0.1, 0.15) is 5.02 Å². The smallest absolute Gasteiger partial charge is 0.422 e. The molecule has 0 atom stereocenters. The number of pyridine rings is 1. The van der Waals surface area contributed by atoms with Gasteiger partial charge < -0.3 is 9.64 Å². The van der Waals surface area contributed by atoms with Crippen LogP contribution in [0.15, 0.2) is 12.3 Å². The van der Waals surface area contributed by atoms with Gasteiger partial charge in [0.25, 0.3) is 5.91 Å². The van der Waals surface area contributed by atoms with Gasteiger partial charge in [0, 0.05) is 38.4 Å². The molecule has 1 amide bonds. The number of rotatable bonds is 4. The largest absolute Gasteiger partial charge is 0.467 e. The van der Waals surface area contributed by atoms with Gasteiger partial charge in [-0.25, -0.2) is 4.98 Å². The van der Waals surface area contributed by atoms with Gasteiger partial charge in [-0.05, 0) is 19.9 Å². The third kappa shape index (κ3) is 4.98. The number of halogens is 4. The van der Waals surface area contributed by atoms with Gasteiger partial charge in [-0.1, -0.05) is 11.6 Å². The Balaban J connectivity index is 1.99. The molecule has 0 bridgehead atoms. The van der Waals surface area contributed by atoms with E-state index in [0.717, 1.165) is 13.1 Å². The highest BCUT2D eigenvalue weighted by Crippen LogP contribution is 2.25. The first kappa shape index (κ1) is 18.8. The number of alkyl halides is 3. The fraction of sp³-hybridized carbons (Fsp3) is 0.600. The van der Waals surface area contributed by atoms with E-state index in [2.05, 4.69) is 28.5 Å². The zero-order valence-corrected chi connectivity index (χ0v) is 14.2. The Hall–Kier alpha value is -1.54. The molecular formula is C15H19ClF3N3O2. The minimum Gasteiger partial charge on any atom is -0.467 e. The van der Waals surface area contributed by atoms with Gasteiger partial charge in [-0.2, -0.15) is 13.2 Å². The molecule has 1 saturated heterocycles. The van der Waals surface area contributed by atoms with E-state index in [9.17, 15) is 18.0 Å². The topological polar surface area (TPSA) is 45.7 Å². The molecule has 2 rings (SSSR count). The summed E-state index contributed by atoms with van der Waals surface area (Å²) >= 11 is 5.87. The summed E-state index contributed by atoms with van der Waals surface area (Å²) in [4.78, 5) is 20.1. The van der Waals surface area contributed by atoms with Crippen molar-refractivity contribution in [3.05, 3.63) is 22.8 Å². The lowest BCUT2D eigenvalue weighted by molar-refractivity contribution is -0.154. The molecule has 0 saturated carbocycles. The highest BCUT2D eigenvalue weighted by molar-refractivity contribution is 6.32. The summed E-state index contributed by atoms with van der Waals surface area (Å²) in [5.41, 5.74) is 0.234. The van der Waals surface area contributed by atoms with Gasteiger partial charge in [-0.3, -0.25) is 9.69 Å². The predicted octanol–water partition coefficient (Wildman–Crippen LogP) is 2.84. The number of nitrogens with zero attached hydrogens (tertiary/aromatic N) is 3. The van der Waals surface area contributed by atoms with Gasteiger partial charge in [0.15, 0.2) is 6.61 Å². The van der Waals surface area contributed by atoms with E-state index in [0.29, 0.717) is 19.1 Å². The van der Waals surface area contributed by atoms with E-state index in [1.165, 1.54) is 12.3 Å². The second-order valence-electron chi connectivity index (χ2n) is 5.84. The fourth-order valence-corrected chi connectivity index (χ4v) is 2.64. The van der Waals surface area contributed by atoms with Crippen molar-refractivity contribution in [3.63, 3.8) is 0 Å². The molecule has 1 fully saturated rings. The van der Waals surface area contributed by atoms with E-state index >= 15 is 0 Å². The van der Waals surface area contributed by atoms with Crippen molar-refractivity contribution in [3.8, 4) is 5.88 Å². The average molecular weight is 366 g/mol. The number of piperazine rings is 1. The molecule has 2 heterocycles. The van der Waals surface area contributed by atoms with Gasteiger partial charge in [-0.15, -0.1) is 0 Å². The van der Waals surface area contributed by atoms with Crippen LogP contribution in [0, 0.1) is 0 Å². The molecule has 24 heavy (non-hydrogen) atoms. The fourth-order valence-electron chi connectivity index (χ4n) is 2.42. The summed E-state index contributed by atoms with van der Waals surface area (Å²) in [6, 6.07) is 1.71. The number of carbonyl (C=O) groups is 1. The Labute approximate surface area is 143 Å². The van der Waals surface area contributed by atoms with E-state index < -0.39 is 12.8 Å². The van der Waals surface area contributed by atoms with Gasteiger partial charge in [0.05, 0.1) is 5.56 Å². The monoisotopic (exact) mass is 365 g/mol. The summed E-state index contributed by atoms with van der Waals surface area (Å²) in [5, 5.41) is -0.120. The first-order valence-corrected chi connectivity index (χ1v) is 7.93. The first-order valence-electron chi connectivity index (χ1n) is 7.56. The van der Waals surface area contributed by atoms with Crippen molar-refractivity contribution in [2.45, 2.75) is 26.1 Å². The highest BCUT2D eigenvalue weighted by atomic mass is 35.5. The number of ether oxygens (including phenoxy) is 1. The summed E-state index contributed by atoms with van der Waals surface area (Å²) in [7, 11) is 0. The minimum atomic E-state index is -4.48. The van der Waals surface area contributed by atoms with E-state index in [1.807, 2.05) is 0 Å². The van der Waals surface area contributed by atoms with Crippen LogP contribution in [0.5, 0.6) is 5.88 Å². The standard InChI is InChI=1S/C15H19ClF3N3O2/c1-10(2)21-3-5-22(6-4-21)14(23)11-7-12(16)13(20-8-11)24-9-15(17,18)19/h7-8,10H,3-6,9H2,1-2H3. The van der Waals surface area contributed by atoms with Crippen molar-refractivity contribution in [2.24, 2.45) is 0 Å². The minimum absolute atomic E-state index is 0.120. The first-order chi connectivity index (χ1) is 11.2. The molecule has 0 aliphatic carbocycles. The van der Waals surface area contributed by atoms with Gasteiger partial charge in [0.2, 0.25) is 5.88 Å². The third-order valence-electron chi connectivity index (χ3n) is 3.76. The Morgan fingerprint density at radius 2 is 1.96 bits per heavy atom. The second kappa shape index (κ2) is 7.57. The summed E-state index contributed by atoms with van der Waals surface area (Å²) in [6.45, 7) is 5.43. The molecule has 1 aromatic rings. The Bertz CT molecular complexity index is 588. The van der Waals surface area contributed by atoms with Crippen LogP contribution >= 0.6 is 11.6 Å². The quantitative estimate of drug-likeness (QED) is 0.823. The average Bonchev–Trinajstić information content (AvgIpc) is 2.52. The van der Waals surface area contributed by atoms with E-state index in [1.54, 1.807) is 4.90 Å². The molecule has 134 valence electrons. The van der Waals surface area contributed by atoms with Crippen molar-refractivity contribution >= 4 is 17.5 Å². The molecule has 0 spiro atoms. The van der Waals surface area contributed by atoms with Crippen LogP contribution in [0.3, 0.4) is 0 Å². The Morgan fingerprint density at radius 1 is 1.33 bits per heavy atom. The number of aromatic nitrogens is 1. The van der Waals surface area contributed by atoms with Crippen molar-refractivity contribution < 1.29 is 22.7 Å². The summed E-state index contributed by atoms with van der Waals surface area (Å²) in [6.07, 6.45) is -3.29. The lowest BCUT2D eigenvalue weighted by atomic mass is 10.2. The zero-order valence-electron chi connectivity index (χ0n) is 13.4. The SMILES string of the molecule is CC(C)N1CCN(C(=O)c2cnc(OCC(F)(F)F)c(Cl)c2)CC1. The van der Waals surface area contributed by atoms with Gasteiger partial charge >= 0.3 is 6.18 Å². The molecule has 9 heteroatoms. The van der Waals surface area contributed by atoms with E-state index in [-0.39, 0.29) is 22.4 Å². The number of amides is 1. The molecule has 0 radical (unpaired) electrons. The molecule has 0 aromatic carbocycles. The van der Waals surface area contributed by atoms with Crippen LogP contribution in [-0.4, -0.2) is 65.7 Å². The lowest BCUT2D eigenvalue weighted by Gasteiger charge is -2.36. The maximum absolute atomic E-state index is 12.4. The number of carbonyl (C=O) groups excluding carboxylic acids is 1. The second-order valence-corrected chi connectivity index (χ2v) is 6.24. The van der Waals surface area contributed by atoms with Crippen LogP contribution in [0.4, 0.5) is 13.2 Å². The maximum atomic E-state index is 12.4. The van der Waals surface area contributed by atoms with E-state index in [4.69, 9.17) is 11.6 Å². The predicted molar refractivity (Wildman–Crippen MR) is 83.4 cm³/mol. The molecule has 0 unspecified atom stereocenters. The van der Waals surface area contributed by atoms with Crippen LogP contribution in [0.1, 0.15) is 24.2 Å². The molecule has 1 aromatic heterocycles. The maximum Gasteiger partial charge on any atom is 0.422 e. The molecule has 1 aliphatic rings. The van der Waals surface area contributed by atoms with Crippen molar-refractivity contribution in [1.82, 2.24) is 14.8 Å². The molecule has 0 N–H and O–H groups in total. The normalized spacial score (nSPS) is 16.5. The summed E-state index contributed by atoms with van der Waals surface area (Å²) in [5.74, 6) is -0.578. The van der Waals surface area contributed by atoms with Crippen LogP contribution in [-0.2, 0) is 0 Å². The summed E-state index contributed by atoms with van der Waals surface area (Å²) < 4.78 is 41.0.